The zero-order valence-electron chi connectivity index (χ0n) is 13.8. The molecule has 4 rings (SSSR count). The molecule has 2 heteroatoms. The molecule has 0 bridgehead atoms. The van der Waals surface area contributed by atoms with Gasteiger partial charge < -0.3 is 4.74 Å². The van der Waals surface area contributed by atoms with Gasteiger partial charge in [-0.3, -0.25) is 0 Å². The van der Waals surface area contributed by atoms with Gasteiger partial charge in [0.05, 0.1) is 14.7 Å². The molecule has 2 aromatic rings. The predicted octanol–water partition coefficient (Wildman–Crippen LogP) is 4.62. The van der Waals surface area contributed by atoms with Crippen LogP contribution in [0.3, 0.4) is 0 Å². The van der Waals surface area contributed by atoms with Crippen LogP contribution in [0, 0.1) is 0 Å². The summed E-state index contributed by atoms with van der Waals surface area (Å²) < 4.78 is 6.20. The maximum absolute atomic E-state index is 6.20. The van der Waals surface area contributed by atoms with Gasteiger partial charge in [0.15, 0.2) is 0 Å². The monoisotopic (exact) mass is 320 g/mol. The molecule has 2 unspecified atom stereocenters. The molecule has 1 fully saturated rings. The average Bonchev–Trinajstić information content (AvgIpc) is 2.62. The van der Waals surface area contributed by atoms with Crippen LogP contribution < -0.4 is 0 Å². The van der Waals surface area contributed by atoms with Crippen molar-refractivity contribution in [3.63, 3.8) is 0 Å². The molecule has 118 valence electrons. The summed E-state index contributed by atoms with van der Waals surface area (Å²) in [4.78, 5) is 0. The lowest BCUT2D eigenvalue weighted by Gasteiger charge is -2.34. The van der Waals surface area contributed by atoms with Gasteiger partial charge >= 0.3 is 0 Å². The Labute approximate surface area is 140 Å². The zero-order chi connectivity index (χ0) is 15.7. The quantitative estimate of drug-likeness (QED) is 0.592. The van der Waals surface area contributed by atoms with E-state index in [4.69, 9.17) is 4.74 Å². The predicted molar refractivity (Wildman–Crippen MR) is 102 cm³/mol. The molecule has 2 aliphatic rings. The second kappa shape index (κ2) is 6.10. The third-order valence-corrected chi connectivity index (χ3v) is 7.39. The fourth-order valence-electron chi connectivity index (χ4n) is 3.98. The second-order valence-electron chi connectivity index (χ2n) is 6.76. The summed E-state index contributed by atoms with van der Waals surface area (Å²) in [6, 6.07) is 13.3. The molecular weight excluding hydrogens is 296 g/mol. The first-order valence-electron chi connectivity index (χ1n) is 8.84. The number of ether oxygens (including phenoxy) is 1. The van der Waals surface area contributed by atoms with Crippen molar-refractivity contribution in [1.82, 2.24) is 0 Å². The third kappa shape index (κ3) is 2.71. The average molecular weight is 321 g/mol. The number of allylic oxidation sites excluding steroid dienone is 2. The first-order valence-corrected chi connectivity index (χ1v) is 11.0. The summed E-state index contributed by atoms with van der Waals surface area (Å²) in [5.41, 5.74) is 2.77. The molecule has 0 aromatic heterocycles. The van der Waals surface area contributed by atoms with E-state index < -0.39 is 0 Å². The van der Waals surface area contributed by atoms with Gasteiger partial charge in [0.25, 0.3) is 0 Å². The van der Waals surface area contributed by atoms with Crippen LogP contribution in [0.15, 0.2) is 54.6 Å². The first kappa shape index (κ1) is 14.9. The Hall–Kier alpha value is -1.64. The van der Waals surface area contributed by atoms with Gasteiger partial charge in [-0.05, 0) is 41.2 Å². The van der Waals surface area contributed by atoms with E-state index >= 15 is 0 Å². The highest BCUT2D eigenvalue weighted by molar-refractivity contribution is 6.38. The maximum Gasteiger partial charge on any atom is 0.0688 e. The van der Waals surface area contributed by atoms with E-state index in [0.717, 1.165) is 6.61 Å². The lowest BCUT2D eigenvalue weighted by molar-refractivity contribution is 0.0129. The van der Waals surface area contributed by atoms with Crippen LogP contribution in [-0.2, 0) is 4.74 Å². The van der Waals surface area contributed by atoms with Crippen molar-refractivity contribution in [3.8, 4) is 0 Å². The van der Waals surface area contributed by atoms with E-state index in [1.165, 1.54) is 41.2 Å². The summed E-state index contributed by atoms with van der Waals surface area (Å²) in [5, 5.41) is 2.85. The van der Waals surface area contributed by atoms with Crippen LogP contribution in [0.25, 0.3) is 16.8 Å². The molecule has 0 spiro atoms. The summed E-state index contributed by atoms with van der Waals surface area (Å²) >= 11 is 0. The number of benzene rings is 2. The number of hydrogen-bond acceptors (Lipinski definition) is 1. The third-order valence-electron chi connectivity index (χ3n) is 5.40. The number of hydrogen-bond donors (Lipinski definition) is 0. The Kier molecular flexibility index (Phi) is 3.96. The van der Waals surface area contributed by atoms with Crippen LogP contribution >= 0.6 is 0 Å². The Morgan fingerprint density at radius 1 is 1.17 bits per heavy atom. The van der Waals surface area contributed by atoms with Gasteiger partial charge in [0.1, 0.15) is 0 Å². The molecule has 0 radical (unpaired) electrons. The van der Waals surface area contributed by atoms with E-state index in [9.17, 15) is 0 Å². The summed E-state index contributed by atoms with van der Waals surface area (Å²) in [6.45, 7) is 3.31. The molecule has 23 heavy (non-hydrogen) atoms. The lowest BCUT2D eigenvalue weighted by Crippen LogP contribution is -2.39. The van der Waals surface area contributed by atoms with E-state index in [1.54, 1.807) is 0 Å². The van der Waals surface area contributed by atoms with E-state index in [0.29, 0.717) is 5.92 Å². The van der Waals surface area contributed by atoms with Crippen molar-refractivity contribution in [2.45, 2.75) is 37.0 Å². The molecule has 2 atom stereocenters. The smallest absolute Gasteiger partial charge is 0.0688 e. The highest BCUT2D eigenvalue weighted by Gasteiger charge is 2.29. The van der Waals surface area contributed by atoms with Gasteiger partial charge in [0.2, 0.25) is 0 Å². The molecule has 0 N–H and O–H groups in total. The molecule has 0 amide bonds. The van der Waals surface area contributed by atoms with Crippen molar-refractivity contribution >= 4 is 26.4 Å². The highest BCUT2D eigenvalue weighted by atomic mass is 28.2. The normalized spacial score (nSPS) is 27.4. The van der Waals surface area contributed by atoms with Crippen molar-refractivity contribution in [2.24, 2.45) is 0 Å². The van der Waals surface area contributed by atoms with Crippen molar-refractivity contribution in [1.29, 1.82) is 0 Å². The Morgan fingerprint density at radius 2 is 2.04 bits per heavy atom. The number of rotatable bonds is 3. The van der Waals surface area contributed by atoms with Crippen molar-refractivity contribution in [2.75, 3.05) is 6.61 Å². The molecule has 2 aromatic carbocycles. The lowest BCUT2D eigenvalue weighted by atomic mass is 9.85. The van der Waals surface area contributed by atoms with Crippen LogP contribution in [0.2, 0.25) is 6.55 Å². The fourth-order valence-corrected chi connectivity index (χ4v) is 5.30. The summed E-state index contributed by atoms with van der Waals surface area (Å²) in [6.07, 6.45) is 13.2. The Morgan fingerprint density at radius 3 is 2.83 bits per heavy atom. The topological polar surface area (TPSA) is 9.23 Å². The minimum Gasteiger partial charge on any atom is -0.375 e. The molecule has 0 saturated carbocycles. The minimum atomic E-state index is -0.228. The standard InChI is InChI=1S/C21H24OSi/c1-23-21(13-2-3-15-22-21)14-12-16-10-11-18-7-4-6-17-8-5-9-19(16)20(17)18/h4-12,14,16H,2-3,13,15,23H2,1H3. The fraction of sp³-hybridized carbons (Fsp3) is 0.333. The largest absolute Gasteiger partial charge is 0.375 e. The van der Waals surface area contributed by atoms with Crippen molar-refractivity contribution < 1.29 is 4.74 Å². The van der Waals surface area contributed by atoms with Gasteiger partial charge in [0, 0.05) is 12.5 Å². The van der Waals surface area contributed by atoms with Crippen molar-refractivity contribution in [3.05, 3.63) is 65.8 Å². The van der Waals surface area contributed by atoms with Gasteiger partial charge in [-0.15, -0.1) is 0 Å². The van der Waals surface area contributed by atoms with Crippen LogP contribution in [0.4, 0.5) is 0 Å². The first-order chi connectivity index (χ1) is 11.3. The van der Waals surface area contributed by atoms with Crippen LogP contribution in [-0.4, -0.2) is 21.4 Å². The second-order valence-corrected chi connectivity index (χ2v) is 8.66. The molecule has 1 saturated heterocycles. The molecule has 1 aliphatic carbocycles. The van der Waals surface area contributed by atoms with Crippen LogP contribution in [0.5, 0.6) is 0 Å². The highest BCUT2D eigenvalue weighted by Crippen LogP contribution is 2.36. The zero-order valence-corrected chi connectivity index (χ0v) is 15.2. The van der Waals surface area contributed by atoms with E-state index in [2.05, 4.69) is 67.2 Å². The molecule has 1 heterocycles. The van der Waals surface area contributed by atoms with Gasteiger partial charge in [-0.1, -0.05) is 67.2 Å². The minimum absolute atomic E-state index is 0.0942. The summed E-state index contributed by atoms with van der Waals surface area (Å²) in [5.74, 6) is 0.372. The SMILES string of the molecule is C[SiH2]C1(C=CC2C=Cc3cccc4cccc2c34)CCCCO1. The van der Waals surface area contributed by atoms with Gasteiger partial charge in [-0.2, -0.15) is 0 Å². The van der Waals surface area contributed by atoms with Crippen LogP contribution in [0.1, 0.15) is 36.3 Å². The maximum atomic E-state index is 6.20. The Balaban J connectivity index is 1.70. The Bertz CT molecular complexity index is 763. The molecule has 1 aliphatic heterocycles. The summed E-state index contributed by atoms with van der Waals surface area (Å²) in [7, 11) is -0.228. The van der Waals surface area contributed by atoms with E-state index in [1.807, 2.05) is 0 Å². The van der Waals surface area contributed by atoms with Gasteiger partial charge in [-0.25, -0.2) is 0 Å². The molecule has 1 nitrogen and oxygen atoms in total. The molecular formula is C21H24OSi. The van der Waals surface area contributed by atoms with E-state index in [-0.39, 0.29) is 14.7 Å².